The molecule has 1 heterocycles. The minimum atomic E-state index is -4.38. The van der Waals surface area contributed by atoms with E-state index in [-0.39, 0.29) is 6.61 Å². The Kier molecular flexibility index (Phi) is 3.13. The number of halogens is 3. The molecule has 3 nitrogen and oxygen atoms in total. The van der Waals surface area contributed by atoms with Gasteiger partial charge in [0.15, 0.2) is 0 Å². The molecule has 2 rings (SSSR count). The molecule has 96 valence electrons. The lowest BCUT2D eigenvalue weighted by Crippen LogP contribution is -2.04. The molecule has 1 aromatic heterocycles. The second-order valence-corrected chi connectivity index (χ2v) is 3.87. The van der Waals surface area contributed by atoms with Crippen molar-refractivity contribution >= 4 is 0 Å². The molecule has 0 aliphatic rings. The van der Waals surface area contributed by atoms with Crippen molar-refractivity contribution in [2.24, 2.45) is 7.05 Å². The van der Waals surface area contributed by atoms with Gasteiger partial charge in [0.05, 0.1) is 24.1 Å². The summed E-state index contributed by atoms with van der Waals surface area (Å²) >= 11 is 0. The zero-order valence-electron chi connectivity index (χ0n) is 9.57. The Balaban J connectivity index is 2.51. The summed E-state index contributed by atoms with van der Waals surface area (Å²) in [6, 6.07) is 4.96. The molecule has 0 atom stereocenters. The Morgan fingerprint density at radius 3 is 2.67 bits per heavy atom. The highest BCUT2D eigenvalue weighted by Gasteiger charge is 2.30. The number of aryl methyl sites for hydroxylation is 1. The zero-order chi connectivity index (χ0) is 13.3. The van der Waals surface area contributed by atoms with Gasteiger partial charge in [-0.25, -0.2) is 0 Å². The third kappa shape index (κ3) is 2.24. The fraction of sp³-hybridized carbons (Fsp3) is 0.250. The van der Waals surface area contributed by atoms with Crippen LogP contribution in [-0.2, 0) is 19.8 Å². The van der Waals surface area contributed by atoms with Crippen LogP contribution in [0.4, 0.5) is 13.2 Å². The molecular formula is C12H11F3N2O. The summed E-state index contributed by atoms with van der Waals surface area (Å²) in [5.41, 5.74) is 0.662. The van der Waals surface area contributed by atoms with Crippen LogP contribution in [-0.4, -0.2) is 14.9 Å². The standard InChI is InChI=1S/C12H11F3N2O/c1-17-11(7-18)10(6-16-17)8-3-2-4-9(5-8)12(13,14)15/h2-6,18H,7H2,1H3. The van der Waals surface area contributed by atoms with Gasteiger partial charge in [-0.15, -0.1) is 0 Å². The number of aromatic nitrogens is 2. The van der Waals surface area contributed by atoms with Gasteiger partial charge >= 0.3 is 6.18 Å². The predicted octanol–water partition coefficient (Wildman–Crippen LogP) is 2.60. The summed E-state index contributed by atoms with van der Waals surface area (Å²) in [6.07, 6.45) is -2.93. The Morgan fingerprint density at radius 1 is 1.33 bits per heavy atom. The molecule has 0 spiro atoms. The Morgan fingerprint density at radius 2 is 2.06 bits per heavy atom. The lowest BCUT2D eigenvalue weighted by Gasteiger charge is -2.09. The topological polar surface area (TPSA) is 38.0 Å². The third-order valence-corrected chi connectivity index (χ3v) is 2.71. The Hall–Kier alpha value is -1.82. The van der Waals surface area contributed by atoms with Gasteiger partial charge in [0, 0.05) is 12.6 Å². The third-order valence-electron chi connectivity index (χ3n) is 2.71. The fourth-order valence-electron chi connectivity index (χ4n) is 1.75. The molecular weight excluding hydrogens is 245 g/mol. The molecule has 0 fully saturated rings. The minimum Gasteiger partial charge on any atom is -0.390 e. The predicted molar refractivity (Wildman–Crippen MR) is 59.6 cm³/mol. The van der Waals surface area contributed by atoms with Crippen LogP contribution < -0.4 is 0 Å². The summed E-state index contributed by atoms with van der Waals surface area (Å²) in [7, 11) is 1.63. The first kappa shape index (κ1) is 12.6. The number of nitrogens with zero attached hydrogens (tertiary/aromatic N) is 2. The highest BCUT2D eigenvalue weighted by atomic mass is 19.4. The average molecular weight is 256 g/mol. The Bertz CT molecular complexity index is 561. The van der Waals surface area contributed by atoms with Crippen LogP contribution in [0.3, 0.4) is 0 Å². The maximum absolute atomic E-state index is 12.6. The zero-order valence-corrected chi connectivity index (χ0v) is 9.57. The summed E-state index contributed by atoms with van der Waals surface area (Å²) in [6.45, 7) is -0.276. The molecule has 0 amide bonds. The highest BCUT2D eigenvalue weighted by molar-refractivity contribution is 5.66. The number of alkyl halides is 3. The number of aliphatic hydroxyl groups excluding tert-OH is 1. The first-order valence-electron chi connectivity index (χ1n) is 5.23. The van der Waals surface area contributed by atoms with Crippen molar-refractivity contribution in [2.75, 3.05) is 0 Å². The Labute approximate surface area is 101 Å². The molecule has 1 N–H and O–H groups in total. The maximum Gasteiger partial charge on any atom is 0.416 e. The highest BCUT2D eigenvalue weighted by Crippen LogP contribution is 2.32. The first-order valence-corrected chi connectivity index (χ1v) is 5.23. The summed E-state index contributed by atoms with van der Waals surface area (Å²) in [5.74, 6) is 0. The molecule has 0 unspecified atom stereocenters. The van der Waals surface area contributed by atoms with Crippen molar-refractivity contribution in [1.82, 2.24) is 9.78 Å². The van der Waals surface area contributed by atoms with Gasteiger partial charge in [0.1, 0.15) is 0 Å². The van der Waals surface area contributed by atoms with E-state index in [1.807, 2.05) is 0 Å². The van der Waals surface area contributed by atoms with E-state index in [2.05, 4.69) is 5.10 Å². The molecule has 0 aliphatic carbocycles. The average Bonchev–Trinajstić information content (AvgIpc) is 2.69. The summed E-state index contributed by atoms with van der Waals surface area (Å²) < 4.78 is 39.2. The van der Waals surface area contributed by atoms with Crippen molar-refractivity contribution in [3.63, 3.8) is 0 Å². The van der Waals surface area contributed by atoms with E-state index in [4.69, 9.17) is 0 Å². The number of hydrogen-bond donors (Lipinski definition) is 1. The molecule has 0 saturated carbocycles. The lowest BCUT2D eigenvalue weighted by atomic mass is 10.0. The second-order valence-electron chi connectivity index (χ2n) is 3.87. The summed E-state index contributed by atoms with van der Waals surface area (Å²) in [5, 5.41) is 13.1. The van der Waals surface area contributed by atoms with Crippen LogP contribution in [0.5, 0.6) is 0 Å². The largest absolute Gasteiger partial charge is 0.416 e. The van der Waals surface area contributed by atoms with Gasteiger partial charge in [-0.3, -0.25) is 4.68 Å². The molecule has 0 aliphatic heterocycles. The van der Waals surface area contributed by atoms with E-state index in [0.717, 1.165) is 12.1 Å². The number of hydrogen-bond acceptors (Lipinski definition) is 2. The van der Waals surface area contributed by atoms with Crippen molar-refractivity contribution < 1.29 is 18.3 Å². The molecule has 2 aromatic rings. The fourth-order valence-corrected chi connectivity index (χ4v) is 1.75. The normalized spacial score (nSPS) is 11.8. The maximum atomic E-state index is 12.6. The monoisotopic (exact) mass is 256 g/mol. The number of benzene rings is 1. The number of rotatable bonds is 2. The van der Waals surface area contributed by atoms with Crippen molar-refractivity contribution in [2.45, 2.75) is 12.8 Å². The van der Waals surface area contributed by atoms with Crippen LogP contribution in [0, 0.1) is 0 Å². The molecule has 1 aromatic carbocycles. The second kappa shape index (κ2) is 4.45. The van der Waals surface area contributed by atoms with Gasteiger partial charge in [-0.2, -0.15) is 18.3 Å². The lowest BCUT2D eigenvalue weighted by molar-refractivity contribution is -0.137. The summed E-state index contributed by atoms with van der Waals surface area (Å²) in [4.78, 5) is 0. The van der Waals surface area contributed by atoms with E-state index < -0.39 is 11.7 Å². The van der Waals surface area contributed by atoms with E-state index in [1.165, 1.54) is 16.9 Å². The van der Waals surface area contributed by atoms with Crippen LogP contribution in [0.15, 0.2) is 30.5 Å². The molecule has 0 radical (unpaired) electrons. The number of aliphatic hydroxyl groups is 1. The van der Waals surface area contributed by atoms with E-state index in [0.29, 0.717) is 16.8 Å². The van der Waals surface area contributed by atoms with Crippen molar-refractivity contribution in [3.05, 3.63) is 41.7 Å². The first-order chi connectivity index (χ1) is 8.43. The van der Waals surface area contributed by atoms with Crippen LogP contribution in [0.25, 0.3) is 11.1 Å². The van der Waals surface area contributed by atoms with Crippen LogP contribution in [0.1, 0.15) is 11.3 Å². The molecule has 18 heavy (non-hydrogen) atoms. The van der Waals surface area contributed by atoms with Gasteiger partial charge < -0.3 is 5.11 Å². The van der Waals surface area contributed by atoms with Gasteiger partial charge in [-0.05, 0) is 17.7 Å². The van der Waals surface area contributed by atoms with Crippen molar-refractivity contribution in [1.29, 1.82) is 0 Å². The molecule has 0 bridgehead atoms. The van der Waals surface area contributed by atoms with Gasteiger partial charge in [0.25, 0.3) is 0 Å². The quantitative estimate of drug-likeness (QED) is 0.896. The van der Waals surface area contributed by atoms with E-state index in [9.17, 15) is 18.3 Å². The SMILES string of the molecule is Cn1ncc(-c2cccc(C(F)(F)F)c2)c1CO. The van der Waals surface area contributed by atoms with Gasteiger partial charge in [-0.1, -0.05) is 12.1 Å². The molecule has 0 saturated heterocycles. The van der Waals surface area contributed by atoms with E-state index >= 15 is 0 Å². The van der Waals surface area contributed by atoms with Crippen LogP contribution in [0.2, 0.25) is 0 Å². The van der Waals surface area contributed by atoms with Gasteiger partial charge in [0.2, 0.25) is 0 Å². The van der Waals surface area contributed by atoms with Crippen molar-refractivity contribution in [3.8, 4) is 11.1 Å². The molecule has 6 heteroatoms. The smallest absolute Gasteiger partial charge is 0.390 e. The van der Waals surface area contributed by atoms with Crippen LogP contribution >= 0.6 is 0 Å². The minimum absolute atomic E-state index is 0.276. The van der Waals surface area contributed by atoms with E-state index in [1.54, 1.807) is 13.1 Å².